The van der Waals surface area contributed by atoms with Gasteiger partial charge in [-0.15, -0.1) is 5.10 Å². The molecule has 1 fully saturated rings. The first-order valence-electron chi connectivity index (χ1n) is 9.13. The Balaban J connectivity index is 1.49. The third-order valence-corrected chi connectivity index (χ3v) is 5.08. The van der Waals surface area contributed by atoms with Crippen molar-refractivity contribution >= 4 is 11.7 Å². The number of hydrogen-bond acceptors (Lipinski definition) is 4. The van der Waals surface area contributed by atoms with E-state index in [0.717, 1.165) is 18.5 Å². The molecule has 3 aromatic rings. The molecule has 2 aromatic heterocycles. The Hall–Kier alpha value is -3.03. The van der Waals surface area contributed by atoms with Crippen molar-refractivity contribution in [3.05, 3.63) is 53.7 Å². The summed E-state index contributed by atoms with van der Waals surface area (Å²) in [6.45, 7) is 0. The molecule has 1 N–H and O–H groups in total. The van der Waals surface area contributed by atoms with Gasteiger partial charge < -0.3 is 0 Å². The van der Waals surface area contributed by atoms with Gasteiger partial charge >= 0.3 is 0 Å². The summed E-state index contributed by atoms with van der Waals surface area (Å²) >= 11 is 0. The molecule has 7 nitrogen and oxygen atoms in total. The van der Waals surface area contributed by atoms with Crippen LogP contribution >= 0.6 is 0 Å². The number of halogens is 1. The smallest absolute Gasteiger partial charge is 0.281 e. The third-order valence-electron chi connectivity index (χ3n) is 5.08. The molecule has 0 radical (unpaired) electrons. The molecule has 1 aliphatic rings. The number of aromatic nitrogens is 5. The number of rotatable bonds is 4. The summed E-state index contributed by atoms with van der Waals surface area (Å²) in [6.07, 6.45) is 7.61. The molecule has 2 heterocycles. The van der Waals surface area contributed by atoms with E-state index < -0.39 is 0 Å². The number of nitrogens with zero attached hydrogens (tertiary/aromatic N) is 5. The number of carbonyl (C=O) groups is 1. The molecule has 27 heavy (non-hydrogen) atoms. The van der Waals surface area contributed by atoms with Gasteiger partial charge in [0.25, 0.3) is 5.91 Å². The van der Waals surface area contributed by atoms with Crippen molar-refractivity contribution < 1.29 is 9.18 Å². The van der Waals surface area contributed by atoms with Crippen molar-refractivity contribution in [3.8, 4) is 5.69 Å². The molecule has 0 bridgehead atoms. The van der Waals surface area contributed by atoms with Crippen LogP contribution in [-0.2, 0) is 0 Å². The molecular formula is C19H21FN6O. The number of anilines is 1. The van der Waals surface area contributed by atoms with Crippen LogP contribution in [0.15, 0.2) is 36.5 Å². The van der Waals surface area contributed by atoms with E-state index in [9.17, 15) is 9.18 Å². The van der Waals surface area contributed by atoms with Crippen LogP contribution in [0.25, 0.3) is 5.69 Å². The van der Waals surface area contributed by atoms with Crippen LogP contribution in [0.2, 0.25) is 0 Å². The fraction of sp³-hybridized carbons (Fsp3) is 0.368. The average Bonchev–Trinajstić information content (AvgIpc) is 3.38. The van der Waals surface area contributed by atoms with Crippen LogP contribution in [0.1, 0.15) is 54.2 Å². The van der Waals surface area contributed by atoms with E-state index in [2.05, 4.69) is 20.5 Å². The Morgan fingerprint density at radius 2 is 1.96 bits per heavy atom. The predicted octanol–water partition coefficient (Wildman–Crippen LogP) is 3.45. The summed E-state index contributed by atoms with van der Waals surface area (Å²) < 4.78 is 14.5. The van der Waals surface area contributed by atoms with Crippen LogP contribution in [-0.4, -0.2) is 38.1 Å². The summed E-state index contributed by atoms with van der Waals surface area (Å²) in [7, 11) is 1.67. The third kappa shape index (κ3) is 3.60. The first kappa shape index (κ1) is 17.4. The molecule has 0 aliphatic heterocycles. The number of nitrogens with one attached hydrogen (secondary N) is 1. The maximum atomic E-state index is 13.0. The Morgan fingerprint density at radius 1 is 1.22 bits per heavy atom. The Bertz CT molecular complexity index is 926. The van der Waals surface area contributed by atoms with Gasteiger partial charge in [0.1, 0.15) is 5.82 Å². The topological polar surface area (TPSA) is 79.7 Å². The first-order chi connectivity index (χ1) is 13.1. The molecule has 1 amide bonds. The van der Waals surface area contributed by atoms with Gasteiger partial charge in [-0.1, -0.05) is 24.5 Å². The number of H-pyrrole nitrogens is 1. The lowest BCUT2D eigenvalue weighted by atomic mass is 9.87. The summed E-state index contributed by atoms with van der Waals surface area (Å²) in [4.78, 5) is 14.2. The molecule has 4 rings (SSSR count). The lowest BCUT2D eigenvalue weighted by molar-refractivity contribution is 0.0987. The molecule has 1 aliphatic carbocycles. The maximum Gasteiger partial charge on any atom is 0.281 e. The minimum absolute atomic E-state index is 0.198. The van der Waals surface area contributed by atoms with E-state index in [-0.39, 0.29) is 17.4 Å². The molecule has 1 saturated carbocycles. The molecule has 0 atom stereocenters. The highest BCUT2D eigenvalue weighted by atomic mass is 19.1. The number of carbonyl (C=O) groups excluding carboxylic acids is 1. The fourth-order valence-corrected chi connectivity index (χ4v) is 3.48. The highest BCUT2D eigenvalue weighted by Gasteiger charge is 2.22. The molecule has 0 unspecified atom stereocenters. The summed E-state index contributed by atoms with van der Waals surface area (Å²) in [5.74, 6) is 0.423. The van der Waals surface area contributed by atoms with E-state index >= 15 is 0 Å². The zero-order chi connectivity index (χ0) is 18.8. The van der Waals surface area contributed by atoms with E-state index in [1.165, 1.54) is 47.2 Å². The van der Waals surface area contributed by atoms with Crippen LogP contribution in [0.4, 0.5) is 10.2 Å². The van der Waals surface area contributed by atoms with E-state index in [1.54, 1.807) is 19.2 Å². The first-order valence-corrected chi connectivity index (χ1v) is 9.13. The van der Waals surface area contributed by atoms with Gasteiger partial charge in [-0.05, 0) is 37.1 Å². The Kier molecular flexibility index (Phi) is 4.70. The largest absolute Gasteiger partial charge is 0.293 e. The number of aromatic amines is 1. The molecule has 0 saturated heterocycles. The molecule has 8 heteroatoms. The highest BCUT2D eigenvalue weighted by molar-refractivity contribution is 6.03. The molecule has 0 spiro atoms. The summed E-state index contributed by atoms with van der Waals surface area (Å²) in [5.41, 5.74) is 1.91. The van der Waals surface area contributed by atoms with Crippen molar-refractivity contribution in [2.45, 2.75) is 38.0 Å². The van der Waals surface area contributed by atoms with Gasteiger partial charge in [0.05, 0.1) is 11.9 Å². The second-order valence-electron chi connectivity index (χ2n) is 6.91. The van der Waals surface area contributed by atoms with Crippen molar-refractivity contribution in [2.24, 2.45) is 0 Å². The SMILES string of the molecule is CN(C(=O)c1cn(-c2ccc(F)cc2)nn1)c1cc(C2CCCCC2)[nH]n1. The Morgan fingerprint density at radius 3 is 2.70 bits per heavy atom. The van der Waals surface area contributed by atoms with E-state index in [0.29, 0.717) is 17.4 Å². The monoisotopic (exact) mass is 368 g/mol. The normalized spacial score (nSPS) is 15.0. The van der Waals surface area contributed by atoms with Gasteiger partial charge in [-0.25, -0.2) is 9.07 Å². The lowest BCUT2D eigenvalue weighted by Gasteiger charge is -2.19. The quantitative estimate of drug-likeness (QED) is 0.765. The predicted molar refractivity (Wildman–Crippen MR) is 98.5 cm³/mol. The van der Waals surface area contributed by atoms with Crippen LogP contribution in [0, 0.1) is 5.82 Å². The van der Waals surface area contributed by atoms with Gasteiger partial charge in [0.2, 0.25) is 0 Å². The molecule has 1 aromatic carbocycles. The average molecular weight is 368 g/mol. The second-order valence-corrected chi connectivity index (χ2v) is 6.91. The standard InChI is InChI=1S/C19H21FN6O/c1-25(18-11-16(21-23-18)13-5-3-2-4-6-13)19(27)17-12-26(24-22-17)15-9-7-14(20)8-10-15/h7-13H,2-6H2,1H3,(H,21,23). The van der Waals surface area contributed by atoms with E-state index in [1.807, 2.05) is 6.07 Å². The minimum Gasteiger partial charge on any atom is -0.293 e. The lowest BCUT2D eigenvalue weighted by Crippen LogP contribution is -2.26. The van der Waals surface area contributed by atoms with Crippen LogP contribution in [0.3, 0.4) is 0 Å². The second kappa shape index (κ2) is 7.30. The zero-order valence-corrected chi connectivity index (χ0v) is 15.1. The zero-order valence-electron chi connectivity index (χ0n) is 15.1. The van der Waals surface area contributed by atoms with Crippen molar-refractivity contribution in [3.63, 3.8) is 0 Å². The van der Waals surface area contributed by atoms with Crippen LogP contribution in [0.5, 0.6) is 0 Å². The van der Waals surface area contributed by atoms with Gasteiger partial charge in [0.15, 0.2) is 11.5 Å². The minimum atomic E-state index is -0.331. The van der Waals surface area contributed by atoms with E-state index in [4.69, 9.17) is 0 Å². The van der Waals surface area contributed by atoms with Crippen LogP contribution < -0.4 is 4.90 Å². The maximum absolute atomic E-state index is 13.0. The highest BCUT2D eigenvalue weighted by Crippen LogP contribution is 2.32. The fourth-order valence-electron chi connectivity index (χ4n) is 3.48. The molecular weight excluding hydrogens is 347 g/mol. The van der Waals surface area contributed by atoms with Gasteiger partial charge in [-0.2, -0.15) is 5.10 Å². The van der Waals surface area contributed by atoms with Crippen molar-refractivity contribution in [2.75, 3.05) is 11.9 Å². The number of benzene rings is 1. The van der Waals surface area contributed by atoms with Gasteiger partial charge in [-0.3, -0.25) is 14.8 Å². The van der Waals surface area contributed by atoms with Gasteiger partial charge in [0, 0.05) is 24.7 Å². The van der Waals surface area contributed by atoms with Crippen molar-refractivity contribution in [1.29, 1.82) is 0 Å². The van der Waals surface area contributed by atoms with Crippen molar-refractivity contribution in [1.82, 2.24) is 25.2 Å². The molecule has 140 valence electrons. The number of amides is 1. The Labute approximate surface area is 156 Å². The number of hydrogen-bond donors (Lipinski definition) is 1. The summed E-state index contributed by atoms with van der Waals surface area (Å²) in [5, 5.41) is 15.3. The summed E-state index contributed by atoms with van der Waals surface area (Å²) in [6, 6.07) is 7.76.